The second kappa shape index (κ2) is 6.42. The third kappa shape index (κ3) is 3.41. The van der Waals surface area contributed by atoms with Crippen molar-refractivity contribution in [2.75, 3.05) is 6.61 Å². The average Bonchev–Trinajstić information content (AvgIpc) is 2.90. The van der Waals surface area contributed by atoms with Crippen molar-refractivity contribution in [3.05, 3.63) is 63.4 Å². The fraction of sp³-hybridized carbons (Fsp3) is 0.0625. The van der Waals surface area contributed by atoms with Gasteiger partial charge in [-0.25, -0.2) is 22.7 Å². The molecule has 3 rings (SSSR count). The standard InChI is InChI=1S/C16H10Cl2FNO4S/c17-11-3-1-9(5-12(11)18)15-10(7-24-16(15)21)8-2-4-14(13(19)6-8)25(20,22)23/h1-6H,7H2,(H2,20,22,23). The lowest BCUT2D eigenvalue weighted by atomic mass is 9.96. The highest BCUT2D eigenvalue weighted by Gasteiger charge is 2.28. The maximum absolute atomic E-state index is 14.1. The van der Waals surface area contributed by atoms with Crippen LogP contribution >= 0.6 is 23.2 Å². The number of sulfonamides is 1. The van der Waals surface area contributed by atoms with Crippen LogP contribution in [-0.4, -0.2) is 21.0 Å². The third-order valence-electron chi connectivity index (χ3n) is 3.65. The highest BCUT2D eigenvalue weighted by molar-refractivity contribution is 7.89. The summed E-state index contributed by atoms with van der Waals surface area (Å²) in [4.78, 5) is 11.5. The van der Waals surface area contributed by atoms with Gasteiger partial charge in [-0.3, -0.25) is 0 Å². The molecule has 1 aliphatic rings. The SMILES string of the molecule is NS(=O)(=O)c1ccc(C2=C(c3ccc(Cl)c(Cl)c3)C(=O)OC2)cc1F. The quantitative estimate of drug-likeness (QED) is 0.799. The molecule has 1 heterocycles. The Morgan fingerprint density at radius 2 is 1.72 bits per heavy atom. The minimum absolute atomic E-state index is 0.0808. The Hall–Kier alpha value is -1.93. The Bertz CT molecular complexity index is 1030. The smallest absolute Gasteiger partial charge is 0.339 e. The Balaban J connectivity index is 2.16. The molecule has 0 bridgehead atoms. The molecule has 0 saturated heterocycles. The molecule has 0 aliphatic carbocycles. The first-order valence-electron chi connectivity index (χ1n) is 6.87. The molecule has 9 heteroatoms. The van der Waals surface area contributed by atoms with E-state index in [2.05, 4.69) is 0 Å². The summed E-state index contributed by atoms with van der Waals surface area (Å²) < 4.78 is 41.8. The fourth-order valence-electron chi connectivity index (χ4n) is 2.50. The molecule has 0 amide bonds. The second-order valence-electron chi connectivity index (χ2n) is 5.25. The molecule has 0 aromatic heterocycles. The van der Waals surface area contributed by atoms with Gasteiger partial charge in [-0.15, -0.1) is 0 Å². The summed E-state index contributed by atoms with van der Waals surface area (Å²) in [5, 5.41) is 5.52. The van der Waals surface area contributed by atoms with Gasteiger partial charge in [0.05, 0.1) is 15.6 Å². The largest absolute Gasteiger partial charge is 0.457 e. The lowest BCUT2D eigenvalue weighted by Gasteiger charge is -2.07. The van der Waals surface area contributed by atoms with Gasteiger partial charge in [0.2, 0.25) is 10.0 Å². The molecular weight excluding hydrogens is 392 g/mol. The van der Waals surface area contributed by atoms with E-state index in [4.69, 9.17) is 33.1 Å². The van der Waals surface area contributed by atoms with Crippen molar-refractivity contribution in [2.24, 2.45) is 5.14 Å². The van der Waals surface area contributed by atoms with Crippen LogP contribution in [0.15, 0.2) is 41.3 Å². The van der Waals surface area contributed by atoms with Gasteiger partial charge in [0.1, 0.15) is 17.3 Å². The molecule has 2 aromatic carbocycles. The molecule has 0 radical (unpaired) electrons. The van der Waals surface area contributed by atoms with Crippen molar-refractivity contribution in [3.8, 4) is 0 Å². The summed E-state index contributed by atoms with van der Waals surface area (Å²) in [5.41, 5.74) is 1.38. The van der Waals surface area contributed by atoms with E-state index in [9.17, 15) is 17.6 Å². The number of hydrogen-bond acceptors (Lipinski definition) is 4. The molecule has 25 heavy (non-hydrogen) atoms. The number of carbonyl (C=O) groups excluding carboxylic acids is 1. The number of esters is 1. The van der Waals surface area contributed by atoms with Crippen LogP contribution in [-0.2, 0) is 19.6 Å². The van der Waals surface area contributed by atoms with E-state index in [-0.39, 0.29) is 17.2 Å². The molecule has 0 atom stereocenters. The predicted octanol–water partition coefficient (Wildman–Crippen LogP) is 3.25. The van der Waals surface area contributed by atoms with Crippen LogP contribution in [0.25, 0.3) is 11.1 Å². The molecule has 130 valence electrons. The number of carbonyl (C=O) groups is 1. The lowest BCUT2D eigenvalue weighted by Crippen LogP contribution is -2.14. The number of ether oxygens (including phenoxy) is 1. The maximum atomic E-state index is 14.1. The Morgan fingerprint density at radius 1 is 1.04 bits per heavy atom. The van der Waals surface area contributed by atoms with Crippen LogP contribution in [0.5, 0.6) is 0 Å². The van der Waals surface area contributed by atoms with Crippen molar-refractivity contribution >= 4 is 50.3 Å². The van der Waals surface area contributed by atoms with E-state index in [1.54, 1.807) is 6.07 Å². The zero-order valence-electron chi connectivity index (χ0n) is 12.4. The summed E-state index contributed by atoms with van der Waals surface area (Å²) >= 11 is 11.9. The van der Waals surface area contributed by atoms with Crippen molar-refractivity contribution in [1.82, 2.24) is 0 Å². The van der Waals surface area contributed by atoms with Crippen LogP contribution in [0.3, 0.4) is 0 Å². The second-order valence-corrected chi connectivity index (χ2v) is 7.59. The van der Waals surface area contributed by atoms with Crippen LogP contribution in [0.4, 0.5) is 4.39 Å². The van der Waals surface area contributed by atoms with Crippen molar-refractivity contribution in [2.45, 2.75) is 4.90 Å². The van der Waals surface area contributed by atoms with Gasteiger partial charge in [0.25, 0.3) is 0 Å². The summed E-state index contributed by atoms with van der Waals surface area (Å²) in [7, 11) is -4.18. The lowest BCUT2D eigenvalue weighted by molar-refractivity contribution is -0.133. The van der Waals surface area contributed by atoms with E-state index in [1.165, 1.54) is 18.2 Å². The number of primary sulfonamides is 1. The van der Waals surface area contributed by atoms with E-state index >= 15 is 0 Å². The Morgan fingerprint density at radius 3 is 2.32 bits per heavy atom. The molecular formula is C16H10Cl2FNO4S. The number of hydrogen-bond donors (Lipinski definition) is 1. The Kier molecular flexibility index (Phi) is 4.59. The summed E-state index contributed by atoms with van der Waals surface area (Å²) in [5.74, 6) is -1.61. The highest BCUT2D eigenvalue weighted by atomic mass is 35.5. The van der Waals surface area contributed by atoms with Crippen molar-refractivity contribution < 1.29 is 22.3 Å². The van der Waals surface area contributed by atoms with E-state index in [1.807, 2.05) is 0 Å². The minimum Gasteiger partial charge on any atom is -0.457 e. The maximum Gasteiger partial charge on any atom is 0.339 e. The van der Waals surface area contributed by atoms with E-state index < -0.39 is 26.7 Å². The van der Waals surface area contributed by atoms with Gasteiger partial charge in [0, 0.05) is 5.57 Å². The van der Waals surface area contributed by atoms with Crippen molar-refractivity contribution in [1.29, 1.82) is 0 Å². The van der Waals surface area contributed by atoms with Gasteiger partial charge >= 0.3 is 5.97 Å². The van der Waals surface area contributed by atoms with E-state index in [0.29, 0.717) is 21.7 Å². The first-order chi connectivity index (χ1) is 11.7. The summed E-state index contributed by atoms with van der Waals surface area (Å²) in [6.45, 7) is -0.0808. The average molecular weight is 402 g/mol. The van der Waals surface area contributed by atoms with Crippen LogP contribution in [0.1, 0.15) is 11.1 Å². The molecule has 5 nitrogen and oxygen atoms in total. The zero-order valence-corrected chi connectivity index (χ0v) is 14.8. The van der Waals surface area contributed by atoms with Crippen molar-refractivity contribution in [3.63, 3.8) is 0 Å². The Labute approximate surface area is 152 Å². The number of halogens is 3. The van der Waals surface area contributed by atoms with Crippen LogP contribution < -0.4 is 5.14 Å². The van der Waals surface area contributed by atoms with Gasteiger partial charge in [-0.05, 0) is 35.4 Å². The van der Waals surface area contributed by atoms with Gasteiger partial charge in [0.15, 0.2) is 0 Å². The summed E-state index contributed by atoms with van der Waals surface area (Å²) in [6, 6.07) is 8.01. The third-order valence-corrected chi connectivity index (χ3v) is 5.33. The minimum atomic E-state index is -4.18. The first kappa shape index (κ1) is 17.9. The molecule has 2 aromatic rings. The predicted molar refractivity (Wildman–Crippen MR) is 92.0 cm³/mol. The van der Waals surface area contributed by atoms with Crippen LogP contribution in [0.2, 0.25) is 10.0 Å². The number of rotatable bonds is 3. The van der Waals surface area contributed by atoms with E-state index in [0.717, 1.165) is 12.1 Å². The zero-order chi connectivity index (χ0) is 18.4. The monoisotopic (exact) mass is 401 g/mol. The normalized spacial score (nSPS) is 14.8. The number of cyclic esters (lactones) is 1. The highest BCUT2D eigenvalue weighted by Crippen LogP contribution is 2.36. The molecule has 0 unspecified atom stereocenters. The number of benzene rings is 2. The van der Waals surface area contributed by atoms with Crippen LogP contribution in [0, 0.1) is 5.82 Å². The number of nitrogens with two attached hydrogens (primary N) is 1. The fourth-order valence-corrected chi connectivity index (χ4v) is 3.38. The molecule has 0 fully saturated rings. The van der Waals surface area contributed by atoms with Gasteiger partial charge in [-0.2, -0.15) is 0 Å². The molecule has 1 aliphatic heterocycles. The molecule has 0 saturated carbocycles. The van der Waals surface area contributed by atoms with Gasteiger partial charge in [-0.1, -0.05) is 35.3 Å². The van der Waals surface area contributed by atoms with Gasteiger partial charge < -0.3 is 4.74 Å². The summed E-state index contributed by atoms with van der Waals surface area (Å²) in [6.07, 6.45) is 0. The first-order valence-corrected chi connectivity index (χ1v) is 9.17. The topological polar surface area (TPSA) is 86.5 Å². The molecule has 2 N–H and O–H groups in total. The molecule has 0 spiro atoms.